The molecule has 3 aromatic carbocycles. The molecule has 1 unspecified atom stereocenters. The Morgan fingerprint density at radius 2 is 1.54 bits per heavy atom. The summed E-state index contributed by atoms with van der Waals surface area (Å²) in [6.07, 6.45) is -0.149. The third-order valence-corrected chi connectivity index (χ3v) is 6.02. The van der Waals surface area contributed by atoms with Crippen molar-refractivity contribution in [2.75, 3.05) is 4.90 Å². The van der Waals surface area contributed by atoms with E-state index < -0.39 is 35.6 Å². The minimum Gasteiger partial charge on any atom is -0.274 e. The van der Waals surface area contributed by atoms with Crippen molar-refractivity contribution in [3.63, 3.8) is 0 Å². The number of benzene rings is 3. The molecule has 0 bridgehead atoms. The van der Waals surface area contributed by atoms with E-state index in [0.717, 1.165) is 26.6 Å². The third kappa shape index (κ3) is 4.99. The number of imide groups is 1. The van der Waals surface area contributed by atoms with E-state index in [1.165, 1.54) is 0 Å². The maximum absolute atomic E-state index is 13.6. The molecule has 3 aromatic rings. The van der Waals surface area contributed by atoms with Crippen LogP contribution in [0.4, 0.5) is 5.69 Å². The monoisotopic (exact) mass is 469 g/mol. The van der Waals surface area contributed by atoms with Gasteiger partial charge in [-0.3, -0.25) is 24.6 Å². The molecule has 0 aliphatic carbocycles. The smallest absolute Gasteiger partial charge is 0.259 e. The highest BCUT2D eigenvalue weighted by atomic mass is 16.2. The number of carbonyl (C=O) groups is 4. The van der Waals surface area contributed by atoms with Crippen molar-refractivity contribution in [1.82, 2.24) is 10.4 Å². The van der Waals surface area contributed by atoms with Crippen LogP contribution in [-0.2, 0) is 19.2 Å². The summed E-state index contributed by atoms with van der Waals surface area (Å²) in [6.45, 7) is 3.51. The largest absolute Gasteiger partial charge is 0.274 e. The lowest BCUT2D eigenvalue weighted by atomic mass is 9.91. The zero-order valence-corrected chi connectivity index (χ0v) is 19.7. The van der Waals surface area contributed by atoms with Gasteiger partial charge in [0.2, 0.25) is 11.8 Å². The molecule has 0 aromatic heterocycles. The number of hydrazine groups is 1. The number of nitrogens with zero attached hydrogens (tertiary/aromatic N) is 2. The van der Waals surface area contributed by atoms with E-state index in [2.05, 4.69) is 5.43 Å². The summed E-state index contributed by atoms with van der Waals surface area (Å²) in [5, 5.41) is 1.04. The van der Waals surface area contributed by atoms with Crippen LogP contribution >= 0.6 is 0 Å². The number of aryl methyl sites for hydroxylation is 1. The van der Waals surface area contributed by atoms with Crippen LogP contribution in [0, 0.1) is 6.92 Å². The van der Waals surface area contributed by atoms with Crippen LogP contribution in [0.1, 0.15) is 42.4 Å². The van der Waals surface area contributed by atoms with Crippen molar-refractivity contribution in [3.05, 3.63) is 102 Å². The van der Waals surface area contributed by atoms with Gasteiger partial charge in [-0.25, -0.2) is 9.91 Å². The van der Waals surface area contributed by atoms with Gasteiger partial charge in [-0.05, 0) is 35.7 Å². The lowest BCUT2D eigenvalue weighted by molar-refractivity contribution is -0.147. The van der Waals surface area contributed by atoms with E-state index in [0.29, 0.717) is 5.69 Å². The first kappa shape index (κ1) is 23.9. The molecule has 1 atom stereocenters. The lowest BCUT2D eigenvalue weighted by Gasteiger charge is -2.29. The molecular formula is C28H27N3O4. The predicted molar refractivity (Wildman–Crippen MR) is 132 cm³/mol. The Morgan fingerprint density at radius 1 is 0.943 bits per heavy atom. The van der Waals surface area contributed by atoms with E-state index in [1.54, 1.807) is 25.1 Å². The quantitative estimate of drug-likeness (QED) is 0.440. The summed E-state index contributed by atoms with van der Waals surface area (Å²) in [5.74, 6) is -2.58. The summed E-state index contributed by atoms with van der Waals surface area (Å²) in [6, 6.07) is 24.4. The first-order chi connectivity index (χ1) is 16.9. The highest BCUT2D eigenvalue weighted by Gasteiger charge is 2.45. The topological polar surface area (TPSA) is 86.8 Å². The average molecular weight is 470 g/mol. The van der Waals surface area contributed by atoms with Gasteiger partial charge >= 0.3 is 0 Å². The zero-order valence-electron chi connectivity index (χ0n) is 19.7. The number of rotatable bonds is 6. The SMILES string of the molecule is CCC(=O)N(NC(=O)C(c1ccccc1)c1ccccc1)C1CC(=O)N(c2cccc(C)c2)C1=O. The summed E-state index contributed by atoms with van der Waals surface area (Å²) in [5.41, 5.74) is 5.52. The van der Waals surface area contributed by atoms with Gasteiger partial charge in [0.05, 0.1) is 18.0 Å². The van der Waals surface area contributed by atoms with Gasteiger partial charge in [0.1, 0.15) is 6.04 Å². The number of anilines is 1. The summed E-state index contributed by atoms with van der Waals surface area (Å²) in [4.78, 5) is 53.8. The Labute approximate surface area is 204 Å². The van der Waals surface area contributed by atoms with Crippen molar-refractivity contribution >= 4 is 29.3 Å². The van der Waals surface area contributed by atoms with Crippen LogP contribution in [0.2, 0.25) is 0 Å². The normalized spacial score (nSPS) is 15.4. The minimum absolute atomic E-state index is 0.0596. The average Bonchev–Trinajstić information content (AvgIpc) is 3.17. The Morgan fingerprint density at radius 3 is 2.09 bits per heavy atom. The Kier molecular flexibility index (Phi) is 7.06. The lowest BCUT2D eigenvalue weighted by Crippen LogP contribution is -2.55. The molecular weight excluding hydrogens is 442 g/mol. The van der Waals surface area contributed by atoms with E-state index in [4.69, 9.17) is 0 Å². The molecule has 4 amide bonds. The number of hydrogen-bond donors (Lipinski definition) is 1. The van der Waals surface area contributed by atoms with Gasteiger partial charge in [0.15, 0.2) is 0 Å². The number of carbonyl (C=O) groups excluding carboxylic acids is 4. The fourth-order valence-corrected chi connectivity index (χ4v) is 4.31. The van der Waals surface area contributed by atoms with E-state index in [-0.39, 0.29) is 12.8 Å². The second kappa shape index (κ2) is 10.3. The van der Waals surface area contributed by atoms with E-state index in [9.17, 15) is 19.2 Å². The van der Waals surface area contributed by atoms with Crippen molar-refractivity contribution < 1.29 is 19.2 Å². The standard InChI is InChI=1S/C28H27N3O4/c1-3-24(32)31(23-18-25(33)30(28(23)35)22-16-10-11-19(2)17-22)29-27(34)26(20-12-6-4-7-13-20)21-14-8-5-9-15-21/h4-17,23,26H,3,18H2,1-2H3,(H,29,34). The third-order valence-electron chi connectivity index (χ3n) is 6.02. The summed E-state index contributed by atoms with van der Waals surface area (Å²) < 4.78 is 0. The highest BCUT2D eigenvalue weighted by molar-refractivity contribution is 6.23. The second-order valence-electron chi connectivity index (χ2n) is 8.47. The maximum atomic E-state index is 13.6. The van der Waals surface area contributed by atoms with Gasteiger partial charge in [-0.2, -0.15) is 0 Å². The van der Waals surface area contributed by atoms with Gasteiger partial charge < -0.3 is 0 Å². The van der Waals surface area contributed by atoms with Gasteiger partial charge in [0.25, 0.3) is 11.8 Å². The van der Waals surface area contributed by atoms with Crippen LogP contribution in [0.3, 0.4) is 0 Å². The molecule has 1 heterocycles. The van der Waals surface area contributed by atoms with E-state index >= 15 is 0 Å². The molecule has 4 rings (SSSR count). The molecule has 0 radical (unpaired) electrons. The summed E-state index contributed by atoms with van der Waals surface area (Å²) >= 11 is 0. The number of nitrogens with one attached hydrogen (secondary N) is 1. The van der Waals surface area contributed by atoms with Crippen LogP contribution in [0.15, 0.2) is 84.9 Å². The first-order valence-corrected chi connectivity index (χ1v) is 11.6. The fourth-order valence-electron chi connectivity index (χ4n) is 4.31. The van der Waals surface area contributed by atoms with Crippen molar-refractivity contribution in [2.24, 2.45) is 0 Å². The van der Waals surface area contributed by atoms with E-state index in [1.807, 2.05) is 73.7 Å². The molecule has 1 saturated heterocycles. The highest BCUT2D eigenvalue weighted by Crippen LogP contribution is 2.28. The zero-order chi connectivity index (χ0) is 24.9. The first-order valence-electron chi connectivity index (χ1n) is 11.6. The van der Waals surface area contributed by atoms with Crippen LogP contribution in [-0.4, -0.2) is 34.7 Å². The van der Waals surface area contributed by atoms with Gasteiger partial charge in [0, 0.05) is 6.42 Å². The van der Waals surface area contributed by atoms with Crippen LogP contribution < -0.4 is 10.3 Å². The minimum atomic E-state index is -1.12. The van der Waals surface area contributed by atoms with Gasteiger partial charge in [-0.1, -0.05) is 79.7 Å². The number of hydrogen-bond acceptors (Lipinski definition) is 4. The molecule has 1 aliphatic rings. The van der Waals surface area contributed by atoms with Crippen molar-refractivity contribution in [3.8, 4) is 0 Å². The van der Waals surface area contributed by atoms with Crippen LogP contribution in [0.5, 0.6) is 0 Å². The molecule has 7 nitrogen and oxygen atoms in total. The molecule has 35 heavy (non-hydrogen) atoms. The molecule has 1 fully saturated rings. The maximum Gasteiger partial charge on any atom is 0.259 e. The Balaban J connectivity index is 1.65. The molecule has 0 spiro atoms. The molecule has 1 aliphatic heterocycles. The molecule has 7 heteroatoms. The molecule has 1 N–H and O–H groups in total. The Hall–Kier alpha value is -4.26. The van der Waals surface area contributed by atoms with Gasteiger partial charge in [-0.15, -0.1) is 0 Å². The van der Waals surface area contributed by atoms with Crippen molar-refractivity contribution in [1.29, 1.82) is 0 Å². The predicted octanol–water partition coefficient (Wildman–Crippen LogP) is 3.73. The second-order valence-corrected chi connectivity index (χ2v) is 8.47. The van der Waals surface area contributed by atoms with Crippen LogP contribution in [0.25, 0.3) is 0 Å². The number of amides is 4. The molecule has 178 valence electrons. The van der Waals surface area contributed by atoms with Crippen molar-refractivity contribution in [2.45, 2.75) is 38.6 Å². The molecule has 0 saturated carbocycles. The fraction of sp³-hybridized carbons (Fsp3) is 0.214. The Bertz CT molecular complexity index is 1200. The summed E-state index contributed by atoms with van der Waals surface area (Å²) in [7, 11) is 0.